The fourth-order valence-electron chi connectivity index (χ4n) is 7.35. The SMILES string of the molecule is Clc1ccc([NH][Os]([Cl])([Cl])([Cl])([PH](c2ccccc2)(c2ccccc2)c2ccccc2)[PH](c2ccccc2)(c2ccccc2)c2ccccc2)cc1. The van der Waals surface area contributed by atoms with E-state index >= 15 is 0 Å². The van der Waals surface area contributed by atoms with E-state index in [1.807, 2.05) is 60.7 Å². The average Bonchev–Trinajstić information content (AvgIpc) is 3.15. The van der Waals surface area contributed by atoms with Gasteiger partial charge in [-0.3, -0.25) is 0 Å². The number of hydrogen-bond acceptors (Lipinski definition) is 1. The Hall–Kier alpha value is -3.00. The summed E-state index contributed by atoms with van der Waals surface area (Å²) in [7, 11) is 21.0. The van der Waals surface area contributed by atoms with Gasteiger partial charge in [0.15, 0.2) is 0 Å². The minimum absolute atomic E-state index is 0.603. The number of hydrogen-bond donors (Lipinski definition) is 1. The molecule has 50 heavy (non-hydrogen) atoms. The predicted octanol–water partition coefficient (Wildman–Crippen LogP) is 10.6. The molecule has 0 atom stereocenters. The van der Waals surface area contributed by atoms with Gasteiger partial charge in [-0.1, -0.05) is 0 Å². The van der Waals surface area contributed by atoms with E-state index in [9.17, 15) is 28.9 Å². The van der Waals surface area contributed by atoms with Gasteiger partial charge in [-0.15, -0.1) is 0 Å². The molecule has 0 fully saturated rings. The Kier molecular flexibility index (Phi) is 9.57. The molecule has 0 heterocycles. The first-order valence-corrected chi connectivity index (χ1v) is 38.6. The standard InChI is InChI=1S/2C18H15P.C6H5ClN.3ClH.Os/c2*1-4-10-16(11-5-1)19(17-12-6-2-7-13-17)18-14-8-3-9-15-18;7-5-1-3-6(8)4-2-5;;;;/h2*1-15H;1-4,8H;3*1H;/q;;-1;;;;+2/p-1. The quantitative estimate of drug-likeness (QED) is 0.135. The Balaban J connectivity index is 1.86. The zero-order chi connectivity index (χ0) is 34.8. The zero-order valence-corrected chi connectivity index (χ0v) is 34.6. The molecule has 0 aliphatic rings. The van der Waals surface area contributed by atoms with Crippen molar-refractivity contribution in [1.82, 2.24) is 0 Å². The molecule has 0 saturated heterocycles. The van der Waals surface area contributed by atoms with Gasteiger partial charge in [0, 0.05) is 0 Å². The van der Waals surface area contributed by atoms with Crippen molar-refractivity contribution in [3.05, 3.63) is 211 Å². The van der Waals surface area contributed by atoms with Gasteiger partial charge in [-0.2, -0.15) is 0 Å². The molecule has 8 heteroatoms. The molecule has 7 rings (SSSR count). The van der Waals surface area contributed by atoms with Crippen LogP contribution in [0.25, 0.3) is 0 Å². The summed E-state index contributed by atoms with van der Waals surface area (Å²) in [5, 5.41) is 6.72. The molecule has 0 aliphatic carbocycles. The molecule has 0 radical (unpaired) electrons. The van der Waals surface area contributed by atoms with Gasteiger partial charge >= 0.3 is 313 Å². The van der Waals surface area contributed by atoms with Crippen LogP contribution in [-0.2, 0) is 8.91 Å². The topological polar surface area (TPSA) is 12.0 Å². The zero-order valence-electron chi connectivity index (χ0n) is 27.0. The van der Waals surface area contributed by atoms with Gasteiger partial charge < -0.3 is 0 Å². The summed E-state index contributed by atoms with van der Waals surface area (Å²) in [5.74, 6) is 0. The van der Waals surface area contributed by atoms with E-state index in [4.69, 9.17) is 11.6 Å². The third-order valence-electron chi connectivity index (χ3n) is 9.25. The van der Waals surface area contributed by atoms with Crippen molar-refractivity contribution in [3.63, 3.8) is 0 Å². The van der Waals surface area contributed by atoms with E-state index in [0.717, 1.165) is 31.8 Å². The van der Waals surface area contributed by atoms with Crippen LogP contribution in [0.2, 0.25) is 5.02 Å². The molecule has 0 aliphatic heterocycles. The van der Waals surface area contributed by atoms with Crippen molar-refractivity contribution >= 4 is 89.1 Å². The summed E-state index contributed by atoms with van der Waals surface area (Å²) in [6.45, 7) is 0. The van der Waals surface area contributed by atoms with Gasteiger partial charge in [0.1, 0.15) is 0 Å². The monoisotopic (exact) mass is 949 g/mol. The molecule has 0 bridgehead atoms. The first-order valence-electron chi connectivity index (χ1n) is 16.2. The van der Waals surface area contributed by atoms with Crippen LogP contribution in [0.4, 0.5) is 5.69 Å². The normalized spacial score (nSPS) is 14.2. The Morgan fingerprint density at radius 2 is 0.540 bits per heavy atom. The number of nitrogens with one attached hydrogen (secondary N) is 1. The van der Waals surface area contributed by atoms with Crippen LogP contribution in [0.15, 0.2) is 206 Å². The number of rotatable bonds is 10. The van der Waals surface area contributed by atoms with Crippen LogP contribution in [0.5, 0.6) is 0 Å². The molecule has 0 aromatic heterocycles. The van der Waals surface area contributed by atoms with Crippen molar-refractivity contribution in [3.8, 4) is 0 Å². The first kappa shape index (κ1) is 35.4. The maximum absolute atomic E-state index is 9.38. The summed E-state index contributed by atoms with van der Waals surface area (Å²) < 4.78 is 4.06. The van der Waals surface area contributed by atoms with E-state index in [0.29, 0.717) is 10.7 Å². The molecular weight excluding hydrogens is 912 g/mol. The molecule has 0 unspecified atom stereocenters. The van der Waals surface area contributed by atoms with E-state index in [2.05, 4.69) is 150 Å². The molecular formula is C42H37Cl4NOsP2. The number of benzene rings is 7. The second kappa shape index (κ2) is 13.5. The van der Waals surface area contributed by atoms with Crippen LogP contribution in [0, 0.1) is 0 Å². The van der Waals surface area contributed by atoms with Crippen molar-refractivity contribution in [2.24, 2.45) is 0 Å². The van der Waals surface area contributed by atoms with E-state index < -0.39 is 20.0 Å². The molecule has 1 N–H and O–H groups in total. The molecule has 0 amide bonds. The fourth-order valence-corrected chi connectivity index (χ4v) is 124. The Labute approximate surface area is 310 Å². The number of halogens is 4. The van der Waals surface area contributed by atoms with Crippen molar-refractivity contribution in [1.29, 1.82) is 0 Å². The van der Waals surface area contributed by atoms with Gasteiger partial charge in [0.25, 0.3) is 0 Å². The van der Waals surface area contributed by atoms with Crippen molar-refractivity contribution in [2.45, 2.75) is 0 Å². The van der Waals surface area contributed by atoms with Gasteiger partial charge in [0.2, 0.25) is 0 Å². The number of anilines is 1. The van der Waals surface area contributed by atoms with Gasteiger partial charge in [-0.25, -0.2) is 0 Å². The summed E-state index contributed by atoms with van der Waals surface area (Å²) in [4.78, 5) is 0. The molecule has 7 aromatic rings. The summed E-state index contributed by atoms with van der Waals surface area (Å²) in [6, 6.07) is 70.8. The van der Waals surface area contributed by atoms with Crippen LogP contribution in [0.1, 0.15) is 0 Å². The second-order valence-electron chi connectivity index (χ2n) is 12.1. The molecule has 7 aromatic carbocycles. The maximum atomic E-state index is 9.38. The van der Waals surface area contributed by atoms with Crippen molar-refractivity contribution in [2.75, 3.05) is 4.02 Å². The average molecular weight is 950 g/mol. The summed E-state index contributed by atoms with van der Waals surface area (Å²) in [5.41, 5.74) is -7.09. The van der Waals surface area contributed by atoms with Crippen LogP contribution in [0.3, 0.4) is 0 Å². The predicted molar refractivity (Wildman–Crippen MR) is 226 cm³/mol. The molecule has 256 valence electrons. The molecule has 0 spiro atoms. The fraction of sp³-hybridized carbons (Fsp3) is 0. The Morgan fingerprint density at radius 1 is 0.320 bits per heavy atom. The van der Waals surface area contributed by atoms with E-state index in [1.54, 1.807) is 0 Å². The van der Waals surface area contributed by atoms with Crippen LogP contribution >= 0.6 is 51.6 Å². The Morgan fingerprint density at radius 3 is 0.760 bits per heavy atom. The van der Waals surface area contributed by atoms with Crippen molar-refractivity contribution < 1.29 is 8.91 Å². The second-order valence-corrected chi connectivity index (χ2v) is 86.1. The molecule has 1 nitrogen and oxygen atoms in total. The van der Waals surface area contributed by atoms with E-state index in [-0.39, 0.29) is 0 Å². The van der Waals surface area contributed by atoms with Gasteiger partial charge in [0.05, 0.1) is 0 Å². The van der Waals surface area contributed by atoms with Crippen LogP contribution in [-0.4, -0.2) is 0 Å². The minimum atomic E-state index is -7.13. The third-order valence-corrected chi connectivity index (χ3v) is 104. The van der Waals surface area contributed by atoms with Crippen LogP contribution < -0.4 is 35.9 Å². The van der Waals surface area contributed by atoms with Gasteiger partial charge in [-0.05, 0) is 0 Å². The summed E-state index contributed by atoms with van der Waals surface area (Å²) in [6.07, 6.45) is 0. The molecule has 0 saturated carbocycles. The Bertz CT molecular complexity index is 1870. The first-order chi connectivity index (χ1) is 24.2. The third kappa shape index (κ3) is 5.32. The summed E-state index contributed by atoms with van der Waals surface area (Å²) >= 11 is 6.51. The van der Waals surface area contributed by atoms with E-state index in [1.165, 1.54) is 0 Å².